The van der Waals surface area contributed by atoms with E-state index in [0.717, 1.165) is 16.0 Å². The Morgan fingerprint density at radius 2 is 1.57 bits per heavy atom. The van der Waals surface area contributed by atoms with Gasteiger partial charge in [-0.3, -0.25) is 0 Å². The number of carbonyl (C=O) groups is 1. The number of hydrogen-bond acceptors (Lipinski definition) is 5. The number of carboxylic acid groups (broad SMARTS) is 1. The fourth-order valence-corrected chi connectivity index (χ4v) is 6.59. The van der Waals surface area contributed by atoms with Gasteiger partial charge in [-0.2, -0.15) is 36.1 Å². The molecule has 2 aromatic carbocycles. The first-order valence-electron chi connectivity index (χ1n) is 11.2. The van der Waals surface area contributed by atoms with Crippen molar-refractivity contribution in [3.63, 3.8) is 0 Å². The van der Waals surface area contributed by atoms with Crippen LogP contribution in [-0.4, -0.2) is 31.1 Å². The average Bonchev–Trinajstić information content (AvgIpc) is 3.40. The van der Waals surface area contributed by atoms with Gasteiger partial charge in [0.2, 0.25) is 5.13 Å². The van der Waals surface area contributed by atoms with Crippen molar-refractivity contribution in [1.29, 1.82) is 0 Å². The molecule has 5 nitrogen and oxygen atoms in total. The van der Waals surface area contributed by atoms with E-state index in [1.165, 1.54) is 18.7 Å². The summed E-state index contributed by atoms with van der Waals surface area (Å²) >= 11 is 14.7. The molecule has 0 radical (unpaired) electrons. The van der Waals surface area contributed by atoms with E-state index < -0.39 is 46.3 Å². The van der Waals surface area contributed by atoms with Crippen molar-refractivity contribution in [2.24, 2.45) is 0 Å². The number of halogens is 8. The van der Waals surface area contributed by atoms with E-state index in [1.807, 2.05) is 13.8 Å². The first-order valence-corrected chi connectivity index (χ1v) is 13.7. The van der Waals surface area contributed by atoms with E-state index in [9.17, 15) is 36.2 Å². The van der Waals surface area contributed by atoms with Crippen LogP contribution in [0.5, 0.6) is 0 Å². The molecular weight excluding hydrogens is 623 g/mol. The maximum atomic E-state index is 13.5. The van der Waals surface area contributed by atoms with Crippen molar-refractivity contribution in [3.05, 3.63) is 69.0 Å². The third kappa shape index (κ3) is 6.12. The van der Waals surface area contributed by atoms with Gasteiger partial charge >= 0.3 is 18.3 Å². The second-order valence-corrected chi connectivity index (χ2v) is 12.4. The van der Waals surface area contributed by atoms with Crippen molar-refractivity contribution >= 4 is 52.3 Å². The molecule has 212 valence electrons. The highest BCUT2D eigenvalue weighted by molar-refractivity contribution is 8.01. The standard InChI is InChI=1S/C25H17Cl2F6N3O2S2/c1-10(2)39-22-19(12-4-5-16(26)17(27)8-12)34-23(40-22)36-20(21(37)38)18(11(3)35-36)13-6-14(24(28,29)30)9-15(7-13)25(31,32)33/h4-10H,1-3H3,(H,37,38). The van der Waals surface area contributed by atoms with E-state index >= 15 is 0 Å². The van der Waals surface area contributed by atoms with Crippen molar-refractivity contribution in [1.82, 2.24) is 14.8 Å². The van der Waals surface area contributed by atoms with Crippen LogP contribution in [-0.2, 0) is 12.4 Å². The summed E-state index contributed by atoms with van der Waals surface area (Å²) in [7, 11) is 0. The zero-order valence-electron chi connectivity index (χ0n) is 20.6. The molecule has 0 amide bonds. The minimum Gasteiger partial charge on any atom is -0.476 e. The third-order valence-electron chi connectivity index (χ3n) is 5.44. The number of benzene rings is 2. The third-order valence-corrected chi connectivity index (χ3v) is 8.42. The molecule has 0 aliphatic heterocycles. The number of alkyl halides is 6. The minimum absolute atomic E-state index is 0.0243. The largest absolute Gasteiger partial charge is 0.476 e. The summed E-state index contributed by atoms with van der Waals surface area (Å²) in [6, 6.07) is 5.72. The maximum absolute atomic E-state index is 13.5. The summed E-state index contributed by atoms with van der Waals surface area (Å²) in [6.45, 7) is 5.14. The molecule has 0 spiro atoms. The normalized spacial score (nSPS) is 12.4. The predicted octanol–water partition coefficient (Wildman–Crippen LogP) is 9.51. The van der Waals surface area contributed by atoms with Crippen LogP contribution in [0.4, 0.5) is 26.3 Å². The number of thioether (sulfide) groups is 1. The fourth-order valence-electron chi connectivity index (χ4n) is 3.81. The Kier molecular flexibility index (Phi) is 8.25. The topological polar surface area (TPSA) is 68.0 Å². The molecule has 40 heavy (non-hydrogen) atoms. The lowest BCUT2D eigenvalue weighted by atomic mass is 9.97. The number of thiazole rings is 1. The van der Waals surface area contributed by atoms with Gasteiger partial charge in [0.15, 0.2) is 5.69 Å². The Hall–Kier alpha value is -2.74. The van der Waals surface area contributed by atoms with Gasteiger partial charge in [0, 0.05) is 16.4 Å². The van der Waals surface area contributed by atoms with Gasteiger partial charge < -0.3 is 5.11 Å². The summed E-state index contributed by atoms with van der Waals surface area (Å²) < 4.78 is 82.7. The number of hydrogen-bond donors (Lipinski definition) is 1. The lowest BCUT2D eigenvalue weighted by molar-refractivity contribution is -0.143. The Labute approximate surface area is 241 Å². The molecule has 2 aromatic heterocycles. The zero-order chi connectivity index (χ0) is 29.7. The Morgan fingerprint density at radius 1 is 0.975 bits per heavy atom. The minimum atomic E-state index is -5.11. The number of carboxylic acids is 1. The Bertz CT molecular complexity index is 1580. The predicted molar refractivity (Wildman–Crippen MR) is 143 cm³/mol. The van der Waals surface area contributed by atoms with E-state index in [4.69, 9.17) is 23.2 Å². The zero-order valence-corrected chi connectivity index (χ0v) is 23.7. The molecule has 0 saturated carbocycles. The van der Waals surface area contributed by atoms with Crippen molar-refractivity contribution in [2.45, 2.75) is 42.6 Å². The molecule has 0 aliphatic rings. The second-order valence-electron chi connectivity index (χ2n) is 8.75. The number of aromatic nitrogens is 3. The van der Waals surface area contributed by atoms with Crippen molar-refractivity contribution in [3.8, 4) is 27.5 Å². The van der Waals surface area contributed by atoms with Crippen LogP contribution in [0, 0.1) is 6.92 Å². The van der Waals surface area contributed by atoms with Gasteiger partial charge in [0.05, 0.1) is 36.8 Å². The van der Waals surface area contributed by atoms with Crippen molar-refractivity contribution < 1.29 is 36.2 Å². The van der Waals surface area contributed by atoms with Crippen LogP contribution in [0.3, 0.4) is 0 Å². The first kappa shape index (κ1) is 30.2. The van der Waals surface area contributed by atoms with Gasteiger partial charge in [0.25, 0.3) is 0 Å². The highest BCUT2D eigenvalue weighted by atomic mass is 35.5. The molecule has 0 aliphatic carbocycles. The summed E-state index contributed by atoms with van der Waals surface area (Å²) in [6.07, 6.45) is -10.2. The quantitative estimate of drug-likeness (QED) is 0.168. The Balaban J connectivity index is 1.97. The summed E-state index contributed by atoms with van der Waals surface area (Å²) in [4.78, 5) is 17.0. The molecule has 2 heterocycles. The highest BCUT2D eigenvalue weighted by Gasteiger charge is 2.38. The van der Waals surface area contributed by atoms with Crippen LogP contribution in [0.25, 0.3) is 27.5 Å². The van der Waals surface area contributed by atoms with E-state index in [2.05, 4.69) is 10.1 Å². The highest BCUT2D eigenvalue weighted by Crippen LogP contribution is 2.43. The van der Waals surface area contributed by atoms with E-state index in [1.54, 1.807) is 18.2 Å². The molecule has 4 rings (SSSR count). The smallest absolute Gasteiger partial charge is 0.416 e. The number of rotatable bonds is 6. The van der Waals surface area contributed by atoms with E-state index in [0.29, 0.717) is 32.6 Å². The fraction of sp³-hybridized carbons (Fsp3) is 0.240. The summed E-state index contributed by atoms with van der Waals surface area (Å²) in [5.41, 5.74) is -3.89. The van der Waals surface area contributed by atoms with Gasteiger partial charge in [-0.15, -0.1) is 11.8 Å². The van der Waals surface area contributed by atoms with E-state index in [-0.39, 0.29) is 27.2 Å². The molecule has 1 N–H and O–H groups in total. The second kappa shape index (κ2) is 10.9. The Morgan fingerprint density at radius 3 is 2.08 bits per heavy atom. The van der Waals surface area contributed by atoms with Gasteiger partial charge in [-0.1, -0.05) is 54.5 Å². The summed E-state index contributed by atoms with van der Waals surface area (Å²) in [5.74, 6) is -1.62. The van der Waals surface area contributed by atoms with Crippen LogP contribution >= 0.6 is 46.3 Å². The molecule has 15 heteroatoms. The molecule has 0 saturated heterocycles. The van der Waals surface area contributed by atoms with Gasteiger partial charge in [-0.25, -0.2) is 9.78 Å². The van der Waals surface area contributed by atoms with Gasteiger partial charge in [0.1, 0.15) is 0 Å². The number of nitrogens with zero attached hydrogens (tertiary/aromatic N) is 3. The summed E-state index contributed by atoms with van der Waals surface area (Å²) in [5, 5.41) is 14.9. The molecule has 0 bridgehead atoms. The molecule has 0 fully saturated rings. The van der Waals surface area contributed by atoms with Gasteiger partial charge in [-0.05, 0) is 42.8 Å². The molecule has 0 unspecified atom stereocenters. The van der Waals surface area contributed by atoms with Crippen LogP contribution in [0.2, 0.25) is 10.0 Å². The lowest BCUT2D eigenvalue weighted by Gasteiger charge is -2.14. The van der Waals surface area contributed by atoms with Crippen LogP contribution in [0.1, 0.15) is 41.2 Å². The molecule has 0 atom stereocenters. The lowest BCUT2D eigenvalue weighted by Crippen LogP contribution is -2.12. The SMILES string of the molecule is Cc1nn(-c2nc(-c3ccc(Cl)c(Cl)c3)c(SC(C)C)s2)c(C(=O)O)c1-c1cc(C(F)(F)F)cc(C(F)(F)F)c1. The number of aryl methyl sites for hydroxylation is 1. The maximum Gasteiger partial charge on any atom is 0.416 e. The monoisotopic (exact) mass is 639 g/mol. The average molecular weight is 640 g/mol. The first-order chi connectivity index (χ1) is 18.5. The van der Waals surface area contributed by atoms with Crippen LogP contribution < -0.4 is 0 Å². The molecule has 4 aromatic rings. The van der Waals surface area contributed by atoms with Crippen molar-refractivity contribution in [2.75, 3.05) is 0 Å². The number of aromatic carboxylic acids is 1. The molecular formula is C25H17Cl2F6N3O2S2. The van der Waals surface area contributed by atoms with Crippen LogP contribution in [0.15, 0.2) is 40.6 Å².